The molecule has 2 atom stereocenters. The second kappa shape index (κ2) is 9.14. The van der Waals surface area contributed by atoms with Crippen LogP contribution >= 0.6 is 0 Å². The fourth-order valence-corrected chi connectivity index (χ4v) is 4.65. The van der Waals surface area contributed by atoms with Crippen LogP contribution in [0.2, 0.25) is 0 Å². The minimum atomic E-state index is -0.574. The lowest BCUT2D eigenvalue weighted by atomic mass is 10.00. The number of benzene rings is 3. The Balaban J connectivity index is 1.48. The number of carbonyl (C=O) groups excluding carboxylic acids is 2. The Kier molecular flexibility index (Phi) is 5.88. The number of hydrogen-bond donors (Lipinski definition) is 2. The Morgan fingerprint density at radius 1 is 1.00 bits per heavy atom. The van der Waals surface area contributed by atoms with Crippen LogP contribution in [0.15, 0.2) is 78.9 Å². The predicted octanol–water partition coefficient (Wildman–Crippen LogP) is 4.84. The average molecular weight is 453 g/mol. The van der Waals surface area contributed by atoms with Gasteiger partial charge in [-0.25, -0.2) is 4.98 Å². The summed E-state index contributed by atoms with van der Waals surface area (Å²) in [5.41, 5.74) is 4.33. The van der Waals surface area contributed by atoms with Crippen molar-refractivity contribution in [2.24, 2.45) is 5.92 Å². The quantitative estimate of drug-likeness (QED) is 0.421. The number of aromatic nitrogens is 2. The van der Waals surface area contributed by atoms with Gasteiger partial charge in [-0.15, -0.1) is 0 Å². The van der Waals surface area contributed by atoms with E-state index >= 15 is 0 Å². The van der Waals surface area contributed by atoms with Gasteiger partial charge in [-0.2, -0.15) is 0 Å². The van der Waals surface area contributed by atoms with Gasteiger partial charge in [-0.1, -0.05) is 74.5 Å². The normalized spacial score (nSPS) is 14.9. The third-order valence-corrected chi connectivity index (χ3v) is 6.32. The molecule has 3 aromatic carbocycles. The summed E-state index contributed by atoms with van der Waals surface area (Å²) >= 11 is 0. The van der Waals surface area contributed by atoms with Gasteiger partial charge in [0.1, 0.15) is 17.9 Å². The maximum atomic E-state index is 13.8. The number of para-hydroxylation sites is 2. The van der Waals surface area contributed by atoms with Gasteiger partial charge in [0.05, 0.1) is 11.0 Å². The van der Waals surface area contributed by atoms with E-state index in [2.05, 4.69) is 24.1 Å². The summed E-state index contributed by atoms with van der Waals surface area (Å²) in [7, 11) is 0. The Labute approximate surface area is 199 Å². The summed E-state index contributed by atoms with van der Waals surface area (Å²) in [6.07, 6.45) is 0.577. The third-order valence-electron chi connectivity index (χ3n) is 6.32. The molecule has 1 aliphatic heterocycles. The van der Waals surface area contributed by atoms with Crippen LogP contribution in [0.4, 0.5) is 0 Å². The number of aromatic amines is 1. The molecule has 0 saturated heterocycles. The Bertz CT molecular complexity index is 1300. The third kappa shape index (κ3) is 4.19. The first-order valence-corrected chi connectivity index (χ1v) is 11.7. The van der Waals surface area contributed by atoms with Gasteiger partial charge in [0.2, 0.25) is 5.91 Å². The number of imidazole rings is 1. The Morgan fingerprint density at radius 3 is 2.44 bits per heavy atom. The van der Waals surface area contributed by atoms with Gasteiger partial charge < -0.3 is 15.2 Å². The van der Waals surface area contributed by atoms with E-state index in [1.807, 2.05) is 78.9 Å². The van der Waals surface area contributed by atoms with E-state index in [9.17, 15) is 9.59 Å². The van der Waals surface area contributed by atoms with E-state index in [0.717, 1.165) is 22.2 Å². The highest BCUT2D eigenvalue weighted by molar-refractivity contribution is 6.01. The van der Waals surface area contributed by atoms with Gasteiger partial charge in [0.15, 0.2) is 0 Å². The second-order valence-corrected chi connectivity index (χ2v) is 9.23. The maximum Gasteiger partial charge on any atom is 0.255 e. The van der Waals surface area contributed by atoms with Crippen molar-refractivity contribution in [3.8, 4) is 0 Å². The number of hydrogen-bond acceptors (Lipinski definition) is 3. The highest BCUT2D eigenvalue weighted by Crippen LogP contribution is 2.28. The summed E-state index contributed by atoms with van der Waals surface area (Å²) in [5, 5.41) is 3.21. The standard InChI is InChI=1S/C28H28N4O2/c1-18(2)16-24(32-17-20-12-6-7-13-21(20)28(32)34)27(33)31-25(19-10-4-3-5-11-19)26-29-22-14-8-9-15-23(22)30-26/h3-15,18,24-25H,16-17H2,1-2H3,(H,29,30)(H,31,33)/t24-,25-/m1/s1. The van der Waals surface area contributed by atoms with Crippen molar-refractivity contribution < 1.29 is 9.59 Å². The molecule has 2 N–H and O–H groups in total. The zero-order valence-electron chi connectivity index (χ0n) is 19.4. The molecule has 4 aromatic rings. The summed E-state index contributed by atoms with van der Waals surface area (Å²) in [6.45, 7) is 4.59. The molecule has 0 spiro atoms. The van der Waals surface area contributed by atoms with E-state index in [4.69, 9.17) is 4.98 Å². The molecule has 0 radical (unpaired) electrons. The summed E-state index contributed by atoms with van der Waals surface area (Å²) < 4.78 is 0. The van der Waals surface area contributed by atoms with E-state index in [1.165, 1.54) is 0 Å². The first-order valence-electron chi connectivity index (χ1n) is 11.7. The molecule has 1 aromatic heterocycles. The number of carbonyl (C=O) groups is 2. The van der Waals surface area contributed by atoms with Crippen LogP contribution in [0.3, 0.4) is 0 Å². The van der Waals surface area contributed by atoms with Gasteiger partial charge in [-0.3, -0.25) is 9.59 Å². The molecule has 172 valence electrons. The Morgan fingerprint density at radius 2 is 1.71 bits per heavy atom. The zero-order chi connectivity index (χ0) is 23.7. The van der Waals surface area contributed by atoms with Crippen molar-refractivity contribution in [3.63, 3.8) is 0 Å². The first kappa shape index (κ1) is 21.9. The number of rotatable bonds is 7. The van der Waals surface area contributed by atoms with Crippen molar-refractivity contribution in [1.82, 2.24) is 20.2 Å². The van der Waals surface area contributed by atoms with E-state index in [0.29, 0.717) is 24.4 Å². The molecule has 0 fully saturated rings. The lowest BCUT2D eigenvalue weighted by Gasteiger charge is -2.30. The van der Waals surface area contributed by atoms with Crippen molar-refractivity contribution in [3.05, 3.63) is 101 Å². The van der Waals surface area contributed by atoms with Crippen molar-refractivity contribution in [2.75, 3.05) is 0 Å². The Hall–Kier alpha value is -3.93. The van der Waals surface area contributed by atoms with Crippen LogP contribution < -0.4 is 5.32 Å². The van der Waals surface area contributed by atoms with E-state index < -0.39 is 12.1 Å². The summed E-state index contributed by atoms with van der Waals surface area (Å²) in [4.78, 5) is 36.8. The monoisotopic (exact) mass is 452 g/mol. The minimum Gasteiger partial charge on any atom is -0.340 e. The van der Waals surface area contributed by atoms with Crippen LogP contribution in [0.5, 0.6) is 0 Å². The summed E-state index contributed by atoms with van der Waals surface area (Å²) in [6, 6.07) is 24.2. The SMILES string of the molecule is CC(C)C[C@H](C(=O)N[C@H](c1ccccc1)c1nc2ccccc2[nH]1)N1Cc2ccccc2C1=O. The number of nitrogens with one attached hydrogen (secondary N) is 2. The fraction of sp³-hybridized carbons (Fsp3) is 0.250. The largest absolute Gasteiger partial charge is 0.340 e. The second-order valence-electron chi connectivity index (χ2n) is 9.23. The molecule has 0 bridgehead atoms. The number of fused-ring (bicyclic) bond motifs is 2. The van der Waals surface area contributed by atoms with Gasteiger partial charge in [0, 0.05) is 12.1 Å². The van der Waals surface area contributed by atoms with E-state index in [1.54, 1.807) is 4.90 Å². The lowest BCUT2D eigenvalue weighted by Crippen LogP contribution is -2.48. The van der Waals surface area contributed by atoms with Crippen molar-refractivity contribution in [2.45, 2.75) is 38.9 Å². The molecule has 6 heteroatoms. The smallest absolute Gasteiger partial charge is 0.255 e. The van der Waals surface area contributed by atoms with Gasteiger partial charge >= 0.3 is 0 Å². The molecule has 6 nitrogen and oxygen atoms in total. The van der Waals surface area contributed by atoms with E-state index in [-0.39, 0.29) is 17.7 Å². The zero-order valence-corrected chi connectivity index (χ0v) is 19.4. The molecular weight excluding hydrogens is 424 g/mol. The van der Waals surface area contributed by atoms with Gasteiger partial charge in [-0.05, 0) is 41.7 Å². The van der Waals surface area contributed by atoms with Crippen molar-refractivity contribution >= 4 is 22.8 Å². The van der Waals surface area contributed by atoms with Crippen LogP contribution in [0.25, 0.3) is 11.0 Å². The molecular formula is C28H28N4O2. The molecule has 0 aliphatic carbocycles. The predicted molar refractivity (Wildman–Crippen MR) is 132 cm³/mol. The minimum absolute atomic E-state index is 0.0867. The van der Waals surface area contributed by atoms with Crippen LogP contribution in [-0.2, 0) is 11.3 Å². The first-order chi connectivity index (χ1) is 16.5. The lowest BCUT2D eigenvalue weighted by molar-refractivity contribution is -0.126. The van der Waals surface area contributed by atoms with Gasteiger partial charge in [0.25, 0.3) is 5.91 Å². The van der Waals surface area contributed by atoms with Crippen LogP contribution in [0.1, 0.15) is 53.6 Å². The fourth-order valence-electron chi connectivity index (χ4n) is 4.65. The molecule has 0 unspecified atom stereocenters. The van der Waals surface area contributed by atoms with Crippen LogP contribution in [-0.4, -0.2) is 32.7 Å². The molecule has 34 heavy (non-hydrogen) atoms. The molecule has 5 rings (SSSR count). The molecule has 1 aliphatic rings. The summed E-state index contributed by atoms with van der Waals surface area (Å²) in [5.74, 6) is 0.647. The highest BCUT2D eigenvalue weighted by Gasteiger charge is 2.37. The average Bonchev–Trinajstić information content (AvgIpc) is 3.42. The number of amides is 2. The molecule has 0 saturated carbocycles. The van der Waals surface area contributed by atoms with Crippen LogP contribution in [0, 0.1) is 5.92 Å². The highest BCUT2D eigenvalue weighted by atomic mass is 16.2. The number of H-pyrrole nitrogens is 1. The topological polar surface area (TPSA) is 78.1 Å². The van der Waals surface area contributed by atoms with Crippen molar-refractivity contribution in [1.29, 1.82) is 0 Å². The molecule has 2 heterocycles. The molecule has 2 amide bonds. The number of nitrogens with zero attached hydrogens (tertiary/aromatic N) is 2. The maximum absolute atomic E-state index is 13.8.